The number of rotatable bonds is 10. The van der Waals surface area contributed by atoms with Crippen LogP contribution in [0.1, 0.15) is 136 Å². The Hall–Kier alpha value is -2.40. The summed E-state index contributed by atoms with van der Waals surface area (Å²) in [6.45, 7) is 18.5. The monoisotopic (exact) mass is 756 g/mol. The predicted octanol–water partition coefficient (Wildman–Crippen LogP) is 12.4. The first-order valence-corrected chi connectivity index (χ1v) is 20.1. The predicted molar refractivity (Wildman–Crippen MR) is 203 cm³/mol. The molecule has 0 spiro atoms. The molecule has 3 aliphatic rings. The molecule has 11 heteroatoms. The van der Waals surface area contributed by atoms with Crippen LogP contribution in [0.25, 0.3) is 0 Å². The van der Waals surface area contributed by atoms with Crippen molar-refractivity contribution in [3.63, 3.8) is 0 Å². The van der Waals surface area contributed by atoms with Gasteiger partial charge in [-0.05, 0) is 128 Å². The number of carbonyl (C=O) groups excluding carboxylic acids is 1. The number of anilines is 1. The Kier molecular flexibility index (Phi) is 15.1. The summed E-state index contributed by atoms with van der Waals surface area (Å²) in [5, 5.41) is 13.4. The van der Waals surface area contributed by atoms with Crippen molar-refractivity contribution in [3.8, 4) is 5.75 Å². The van der Waals surface area contributed by atoms with Gasteiger partial charge in [-0.1, -0.05) is 68.4 Å². The highest BCUT2D eigenvalue weighted by Crippen LogP contribution is 2.61. The first-order valence-electron chi connectivity index (χ1n) is 19.1. The van der Waals surface area contributed by atoms with Crippen LogP contribution in [0.2, 0.25) is 0 Å². The highest BCUT2D eigenvalue weighted by atomic mass is 32.2. The molecule has 294 valence electrons. The minimum atomic E-state index is -5.43. The number of halogens is 5. The van der Waals surface area contributed by atoms with Gasteiger partial charge in [0.05, 0.1) is 6.10 Å². The average Bonchev–Trinajstić information content (AvgIpc) is 3.40. The van der Waals surface area contributed by atoms with Gasteiger partial charge in [0.25, 0.3) is 0 Å². The maximum absolute atomic E-state index is 12.7. The Morgan fingerprint density at radius 2 is 1.71 bits per heavy atom. The lowest BCUT2D eigenvalue weighted by atomic mass is 9.55. The summed E-state index contributed by atoms with van der Waals surface area (Å²) >= 11 is 1.46. The van der Waals surface area contributed by atoms with Crippen LogP contribution in [-0.4, -0.2) is 44.9 Å². The molecule has 0 saturated heterocycles. The second-order valence-electron chi connectivity index (χ2n) is 15.7. The largest absolute Gasteiger partial charge is 0.453 e. The van der Waals surface area contributed by atoms with E-state index in [9.17, 15) is 31.9 Å². The molecule has 0 bridgehead atoms. The lowest BCUT2D eigenvalue weighted by Gasteiger charge is -2.50. The van der Waals surface area contributed by atoms with E-state index in [-0.39, 0.29) is 28.1 Å². The number of aromatic nitrogens is 1. The van der Waals surface area contributed by atoms with Crippen LogP contribution in [0.15, 0.2) is 36.5 Å². The Bertz CT molecular complexity index is 1470. The number of ether oxygens (including phenoxy) is 1. The molecule has 1 heterocycles. The van der Waals surface area contributed by atoms with Gasteiger partial charge in [-0.3, -0.25) is 10.3 Å². The second kappa shape index (κ2) is 17.8. The molecule has 2 saturated carbocycles. The smallest absolute Gasteiger partial charge is 0.410 e. The molecule has 3 aliphatic carbocycles. The third-order valence-corrected chi connectivity index (χ3v) is 14.1. The highest BCUT2D eigenvalue weighted by Gasteiger charge is 2.57. The molecule has 1 aromatic heterocycles. The van der Waals surface area contributed by atoms with Crippen molar-refractivity contribution in [2.45, 2.75) is 155 Å². The Labute approximate surface area is 312 Å². The van der Waals surface area contributed by atoms with E-state index in [0.717, 1.165) is 57.1 Å². The summed E-state index contributed by atoms with van der Waals surface area (Å²) in [5.74, 6) is -1.81. The molecule has 5 nitrogen and oxygen atoms in total. The Morgan fingerprint density at radius 3 is 2.35 bits per heavy atom. The van der Waals surface area contributed by atoms with E-state index in [1.165, 1.54) is 22.9 Å². The third kappa shape index (κ3) is 10.2. The summed E-state index contributed by atoms with van der Waals surface area (Å²) < 4.78 is 66.8. The molecule has 1 aromatic carbocycles. The number of nitrogens with zero attached hydrogens (tertiary/aromatic N) is 1. The molecular weight excluding hydrogens is 696 g/mol. The van der Waals surface area contributed by atoms with Crippen LogP contribution < -0.4 is 10.1 Å². The molecular formula is C41H61F5N2O3S. The van der Waals surface area contributed by atoms with Crippen molar-refractivity contribution < 1.29 is 36.6 Å². The minimum absolute atomic E-state index is 0.00418. The number of benzene rings is 1. The molecule has 0 radical (unpaired) electrons. The van der Waals surface area contributed by atoms with Crippen molar-refractivity contribution in [1.82, 2.24) is 4.98 Å². The fourth-order valence-electron chi connectivity index (χ4n) is 7.98. The van der Waals surface area contributed by atoms with Crippen molar-refractivity contribution in [2.75, 3.05) is 11.1 Å². The van der Waals surface area contributed by atoms with E-state index in [1.807, 2.05) is 59.7 Å². The lowest BCUT2D eigenvalue weighted by Crippen LogP contribution is -2.43. The third-order valence-electron chi connectivity index (χ3n) is 12.3. The van der Waals surface area contributed by atoms with E-state index in [4.69, 9.17) is 4.74 Å². The molecule has 0 aliphatic heterocycles. The normalized spacial score (nSPS) is 24.2. The van der Waals surface area contributed by atoms with Crippen LogP contribution in [0.4, 0.5) is 32.4 Å². The fourth-order valence-corrected chi connectivity index (χ4v) is 9.31. The van der Waals surface area contributed by atoms with E-state index in [0.29, 0.717) is 34.9 Å². The van der Waals surface area contributed by atoms with Crippen molar-refractivity contribution in [1.29, 1.82) is 0 Å². The van der Waals surface area contributed by atoms with Crippen molar-refractivity contribution >= 4 is 23.5 Å². The number of aliphatic hydroxyl groups excluding tert-OH is 1. The molecule has 5 unspecified atom stereocenters. The number of pyridine rings is 1. The first kappa shape index (κ1) is 44.0. The minimum Gasteiger partial charge on any atom is -0.410 e. The van der Waals surface area contributed by atoms with Gasteiger partial charge in [0, 0.05) is 28.7 Å². The van der Waals surface area contributed by atoms with Gasteiger partial charge >= 0.3 is 18.2 Å². The van der Waals surface area contributed by atoms with Crippen LogP contribution >= 0.6 is 11.8 Å². The van der Waals surface area contributed by atoms with Crippen LogP contribution in [0.3, 0.4) is 0 Å². The maximum atomic E-state index is 12.7. The van der Waals surface area contributed by atoms with Crippen LogP contribution in [0, 0.1) is 22.7 Å². The highest BCUT2D eigenvalue weighted by molar-refractivity contribution is 8.00. The van der Waals surface area contributed by atoms with Gasteiger partial charge in [0.1, 0.15) is 5.75 Å². The van der Waals surface area contributed by atoms with Gasteiger partial charge in [-0.15, -0.1) is 0 Å². The SMILES string of the molecule is CC.CCC(C)(C)C(C)(C)SCCCC(F)(F)C(F)(F)F.CCc1cc(NC(=O)Oc2ccc3c(c2)CCC2C3CCC3(C)C(O)CCC23)ccn1. The topological polar surface area (TPSA) is 71.5 Å². The van der Waals surface area contributed by atoms with Gasteiger partial charge < -0.3 is 9.84 Å². The van der Waals surface area contributed by atoms with E-state index >= 15 is 0 Å². The molecule has 5 atom stereocenters. The molecule has 1 amide bonds. The standard InChI is InChI=1S/C26H32N2O3.C13H23F5S.C2H6/c1-3-17-15-18(11-13-27-17)28-25(30)31-19-5-7-20-16(14-19)4-6-22-21(20)10-12-26(2)23(22)8-9-24(26)29;1-6-10(2,3)11(4,5)19-9-7-8-12(14,15)13(16,17)18;1-2/h5,7,11,13-15,21-24,29H,3-4,6,8-10,12H2,1-2H3,(H,27,28,30);6-9H2,1-5H3;1-2H3. The zero-order valence-corrected chi connectivity index (χ0v) is 33.4. The number of fused-ring (bicyclic) bond motifs is 5. The van der Waals surface area contributed by atoms with Gasteiger partial charge in [-0.2, -0.15) is 33.7 Å². The number of thioether (sulfide) groups is 1. The van der Waals surface area contributed by atoms with Gasteiger partial charge in [-0.25, -0.2) is 4.79 Å². The number of hydrogen-bond donors (Lipinski definition) is 2. The van der Waals surface area contributed by atoms with Crippen LogP contribution in [0.5, 0.6) is 5.75 Å². The second-order valence-corrected chi connectivity index (χ2v) is 17.4. The van der Waals surface area contributed by atoms with Crippen molar-refractivity contribution in [3.05, 3.63) is 53.3 Å². The van der Waals surface area contributed by atoms with Gasteiger partial charge in [0.2, 0.25) is 0 Å². The zero-order chi connectivity index (χ0) is 39.1. The number of aliphatic hydroxyl groups is 1. The number of aryl methyl sites for hydroxylation is 2. The number of carbonyl (C=O) groups is 1. The summed E-state index contributed by atoms with van der Waals surface area (Å²) in [6, 6.07) is 9.79. The Morgan fingerprint density at radius 1 is 1.02 bits per heavy atom. The fraction of sp³-hybridized carbons (Fsp3) is 0.707. The Balaban J connectivity index is 0.000000301. The summed E-state index contributed by atoms with van der Waals surface area (Å²) in [7, 11) is 0. The quantitative estimate of drug-likeness (QED) is 0.187. The summed E-state index contributed by atoms with van der Waals surface area (Å²) in [6.07, 6.45) is 2.65. The number of alkyl halides is 5. The number of amides is 1. The molecule has 2 N–H and O–H groups in total. The zero-order valence-electron chi connectivity index (χ0n) is 32.6. The molecule has 52 heavy (non-hydrogen) atoms. The molecule has 2 aromatic rings. The summed E-state index contributed by atoms with van der Waals surface area (Å²) in [4.78, 5) is 16.6. The summed E-state index contributed by atoms with van der Waals surface area (Å²) in [5.41, 5.74) is 4.47. The lowest BCUT2D eigenvalue weighted by molar-refractivity contribution is -0.284. The molecule has 2 fully saturated rings. The first-order chi connectivity index (χ1) is 24.2. The number of hydrogen-bond acceptors (Lipinski definition) is 5. The van der Waals surface area contributed by atoms with E-state index in [1.54, 1.807) is 12.3 Å². The number of nitrogens with one attached hydrogen (secondary N) is 1. The molecule has 5 rings (SSSR count). The van der Waals surface area contributed by atoms with E-state index in [2.05, 4.69) is 37.1 Å². The van der Waals surface area contributed by atoms with Crippen LogP contribution in [-0.2, 0) is 12.8 Å². The maximum Gasteiger partial charge on any atom is 0.453 e. The van der Waals surface area contributed by atoms with E-state index < -0.39 is 24.6 Å². The van der Waals surface area contributed by atoms with Gasteiger partial charge in [0.15, 0.2) is 0 Å². The van der Waals surface area contributed by atoms with Crippen molar-refractivity contribution in [2.24, 2.45) is 22.7 Å². The average molecular weight is 757 g/mol.